The third-order valence-electron chi connectivity index (χ3n) is 3.25. The van der Waals surface area contributed by atoms with Crippen LogP contribution in [0, 0.1) is 6.92 Å². The number of nitrogens with two attached hydrogens (primary N) is 1. The lowest BCUT2D eigenvalue weighted by atomic mass is 10.2. The molecule has 0 atom stereocenters. The van der Waals surface area contributed by atoms with Crippen molar-refractivity contribution < 1.29 is 0 Å². The van der Waals surface area contributed by atoms with Crippen LogP contribution in [0.3, 0.4) is 0 Å². The summed E-state index contributed by atoms with van der Waals surface area (Å²) >= 11 is 1.65. The first-order valence-electron chi connectivity index (χ1n) is 6.60. The van der Waals surface area contributed by atoms with Crippen LogP contribution in [0.5, 0.6) is 0 Å². The zero-order chi connectivity index (χ0) is 14.8. The summed E-state index contributed by atoms with van der Waals surface area (Å²) in [6, 6.07) is 13.1. The van der Waals surface area contributed by atoms with Crippen molar-refractivity contribution in [2.75, 3.05) is 5.73 Å². The molecule has 0 aliphatic heterocycles. The monoisotopic (exact) mass is 297 g/mol. The average molecular weight is 297 g/mol. The van der Waals surface area contributed by atoms with Crippen molar-refractivity contribution in [3.05, 3.63) is 70.3 Å². The highest BCUT2D eigenvalue weighted by Crippen LogP contribution is 2.25. The fourth-order valence-corrected chi connectivity index (χ4v) is 2.96. The topological polar surface area (TPSA) is 60.4 Å². The molecule has 106 valence electrons. The average Bonchev–Trinajstić information content (AvgIpc) is 2.49. The molecule has 0 amide bonds. The lowest BCUT2D eigenvalue weighted by molar-refractivity contribution is 1.01. The second kappa shape index (κ2) is 5.61. The maximum absolute atomic E-state index is 12.0. The number of thioether (sulfide) groups is 1. The van der Waals surface area contributed by atoms with Gasteiger partial charge < -0.3 is 5.73 Å². The van der Waals surface area contributed by atoms with Crippen molar-refractivity contribution >= 4 is 23.1 Å². The Hall–Kier alpha value is -2.27. The van der Waals surface area contributed by atoms with Gasteiger partial charge in [-0.25, -0.2) is 4.98 Å². The normalized spacial score (nSPS) is 10.9. The highest BCUT2D eigenvalue weighted by Gasteiger charge is 2.04. The number of rotatable bonds is 3. The van der Waals surface area contributed by atoms with Gasteiger partial charge in [-0.1, -0.05) is 6.07 Å². The summed E-state index contributed by atoms with van der Waals surface area (Å²) in [6.07, 6.45) is 1.73. The van der Waals surface area contributed by atoms with Crippen molar-refractivity contribution in [3.8, 4) is 0 Å². The molecule has 0 spiro atoms. The van der Waals surface area contributed by atoms with Gasteiger partial charge in [-0.05, 0) is 42.8 Å². The first-order valence-corrected chi connectivity index (χ1v) is 7.58. The number of nitrogen functional groups attached to an aromatic ring is 1. The van der Waals surface area contributed by atoms with Gasteiger partial charge in [0.15, 0.2) is 0 Å². The van der Waals surface area contributed by atoms with E-state index < -0.39 is 0 Å². The highest BCUT2D eigenvalue weighted by molar-refractivity contribution is 7.98. The van der Waals surface area contributed by atoms with Crippen LogP contribution in [0.25, 0.3) is 5.65 Å². The van der Waals surface area contributed by atoms with Crippen molar-refractivity contribution in [1.82, 2.24) is 9.38 Å². The molecule has 4 nitrogen and oxygen atoms in total. The number of benzene rings is 1. The highest BCUT2D eigenvalue weighted by atomic mass is 32.2. The molecule has 0 radical (unpaired) electrons. The van der Waals surface area contributed by atoms with E-state index >= 15 is 0 Å². The zero-order valence-electron chi connectivity index (χ0n) is 11.6. The third-order valence-corrected chi connectivity index (χ3v) is 4.28. The van der Waals surface area contributed by atoms with Crippen LogP contribution in [-0.2, 0) is 5.75 Å². The van der Waals surface area contributed by atoms with Gasteiger partial charge in [-0.3, -0.25) is 9.20 Å². The first-order chi connectivity index (χ1) is 10.1. The number of anilines is 1. The van der Waals surface area contributed by atoms with E-state index in [1.165, 1.54) is 0 Å². The van der Waals surface area contributed by atoms with Gasteiger partial charge >= 0.3 is 0 Å². The van der Waals surface area contributed by atoms with E-state index in [4.69, 9.17) is 5.73 Å². The number of nitrogens with zero attached hydrogens (tertiary/aromatic N) is 2. The number of fused-ring (bicyclic) bond motifs is 1. The molecule has 2 heterocycles. The van der Waals surface area contributed by atoms with E-state index in [0.717, 1.165) is 21.8 Å². The molecule has 21 heavy (non-hydrogen) atoms. The third kappa shape index (κ3) is 2.92. The Labute approximate surface area is 126 Å². The Morgan fingerprint density at radius 3 is 2.90 bits per heavy atom. The minimum atomic E-state index is -0.0512. The SMILES string of the molecule is Cc1cc(SCc2cc(=O)n3ccccc3n2)ccc1N. The molecule has 0 aliphatic carbocycles. The van der Waals surface area contributed by atoms with Crippen LogP contribution < -0.4 is 11.3 Å². The lowest BCUT2D eigenvalue weighted by Gasteiger charge is -2.06. The number of hydrogen-bond donors (Lipinski definition) is 1. The number of aryl methyl sites for hydroxylation is 1. The molecule has 0 bridgehead atoms. The summed E-state index contributed by atoms with van der Waals surface area (Å²) in [5.74, 6) is 0.657. The van der Waals surface area contributed by atoms with Crippen LogP contribution in [-0.4, -0.2) is 9.38 Å². The Bertz CT molecular complexity index is 858. The molecule has 3 aromatic rings. The minimum Gasteiger partial charge on any atom is -0.399 e. The summed E-state index contributed by atoms with van der Waals surface area (Å²) in [4.78, 5) is 17.6. The summed E-state index contributed by atoms with van der Waals surface area (Å²) in [7, 11) is 0. The van der Waals surface area contributed by atoms with Gasteiger partial charge in [-0.15, -0.1) is 11.8 Å². The van der Waals surface area contributed by atoms with Crippen LogP contribution in [0.4, 0.5) is 5.69 Å². The van der Waals surface area contributed by atoms with Gasteiger partial charge in [0, 0.05) is 28.6 Å². The maximum atomic E-state index is 12.0. The zero-order valence-corrected chi connectivity index (χ0v) is 12.4. The number of hydrogen-bond acceptors (Lipinski definition) is 4. The molecule has 5 heteroatoms. The van der Waals surface area contributed by atoms with Gasteiger partial charge in [-0.2, -0.15) is 0 Å². The van der Waals surface area contributed by atoms with E-state index in [-0.39, 0.29) is 5.56 Å². The van der Waals surface area contributed by atoms with Gasteiger partial charge in [0.05, 0.1) is 5.69 Å². The van der Waals surface area contributed by atoms with E-state index in [2.05, 4.69) is 4.98 Å². The summed E-state index contributed by atoms with van der Waals surface area (Å²) in [5, 5.41) is 0. The second-order valence-electron chi connectivity index (χ2n) is 4.82. The van der Waals surface area contributed by atoms with E-state index in [1.54, 1.807) is 28.4 Å². The van der Waals surface area contributed by atoms with Crippen molar-refractivity contribution in [1.29, 1.82) is 0 Å². The molecule has 2 N–H and O–H groups in total. The summed E-state index contributed by atoms with van der Waals surface area (Å²) < 4.78 is 1.54. The van der Waals surface area contributed by atoms with E-state index in [9.17, 15) is 4.79 Å². The maximum Gasteiger partial charge on any atom is 0.258 e. The fourth-order valence-electron chi connectivity index (χ4n) is 2.07. The van der Waals surface area contributed by atoms with Crippen molar-refractivity contribution in [2.24, 2.45) is 0 Å². The molecule has 0 saturated carbocycles. The molecule has 3 rings (SSSR count). The predicted octanol–water partition coefficient (Wildman–Crippen LogP) is 2.88. The molecular weight excluding hydrogens is 282 g/mol. The van der Waals surface area contributed by atoms with Gasteiger partial charge in [0.2, 0.25) is 0 Å². The smallest absolute Gasteiger partial charge is 0.258 e. The molecule has 0 unspecified atom stereocenters. The first kappa shape index (κ1) is 13.7. The Balaban J connectivity index is 1.85. The Morgan fingerprint density at radius 2 is 2.10 bits per heavy atom. The molecule has 2 aromatic heterocycles. The fraction of sp³-hybridized carbons (Fsp3) is 0.125. The molecular formula is C16H15N3OS. The minimum absolute atomic E-state index is 0.0512. The number of pyridine rings is 1. The summed E-state index contributed by atoms with van der Waals surface area (Å²) in [5.41, 5.74) is 9.07. The van der Waals surface area contributed by atoms with Crippen LogP contribution in [0.1, 0.15) is 11.3 Å². The molecule has 0 saturated heterocycles. The van der Waals surface area contributed by atoms with Crippen molar-refractivity contribution in [2.45, 2.75) is 17.6 Å². The number of aromatic nitrogens is 2. The lowest BCUT2D eigenvalue weighted by Crippen LogP contribution is -2.14. The van der Waals surface area contributed by atoms with E-state index in [0.29, 0.717) is 11.4 Å². The van der Waals surface area contributed by atoms with Crippen molar-refractivity contribution in [3.63, 3.8) is 0 Å². The van der Waals surface area contributed by atoms with Gasteiger partial charge in [0.25, 0.3) is 5.56 Å². The van der Waals surface area contributed by atoms with Crippen LogP contribution in [0.2, 0.25) is 0 Å². The molecule has 1 aromatic carbocycles. The van der Waals surface area contributed by atoms with Crippen LogP contribution >= 0.6 is 11.8 Å². The van der Waals surface area contributed by atoms with Gasteiger partial charge in [0.1, 0.15) is 5.65 Å². The largest absolute Gasteiger partial charge is 0.399 e. The Kier molecular flexibility index (Phi) is 3.66. The standard InChI is InChI=1S/C16H15N3OS/c1-11-8-13(5-6-14(11)17)21-10-12-9-16(20)19-7-3-2-4-15(19)18-12/h2-9H,10,17H2,1H3. The molecule has 0 fully saturated rings. The second-order valence-corrected chi connectivity index (χ2v) is 5.87. The Morgan fingerprint density at radius 1 is 1.24 bits per heavy atom. The predicted molar refractivity (Wildman–Crippen MR) is 86.6 cm³/mol. The molecule has 0 aliphatic rings. The quantitative estimate of drug-likeness (QED) is 0.596. The summed E-state index contributed by atoms with van der Waals surface area (Å²) in [6.45, 7) is 1.99. The van der Waals surface area contributed by atoms with E-state index in [1.807, 2.05) is 43.3 Å². The van der Waals surface area contributed by atoms with Crippen LogP contribution in [0.15, 0.2) is 58.4 Å².